The summed E-state index contributed by atoms with van der Waals surface area (Å²) in [6.45, 7) is 11.6. The Labute approximate surface area is 97.4 Å². The Kier molecular flexibility index (Phi) is 2.45. The third kappa shape index (κ3) is 2.19. The topological polar surface area (TPSA) is 39.4 Å². The average molecular weight is 237 g/mol. The number of aromatic nitrogens is 2. The minimum atomic E-state index is -1.40. The Bertz CT molecular complexity index is 429. The highest BCUT2D eigenvalue weighted by molar-refractivity contribution is 6.74. The van der Waals surface area contributed by atoms with Crippen LogP contribution in [0.1, 0.15) is 19.4 Å². The molecule has 88 valence electrons. The van der Waals surface area contributed by atoms with E-state index in [9.17, 15) is 0 Å². The maximum atomic E-state index is 5.59. The van der Waals surface area contributed by atoms with Crippen molar-refractivity contribution in [3.05, 3.63) is 18.0 Å². The molecule has 1 aliphatic rings. The fourth-order valence-corrected chi connectivity index (χ4v) is 2.46. The van der Waals surface area contributed by atoms with Crippen molar-refractivity contribution in [2.24, 2.45) is 4.99 Å². The second-order valence-corrected chi connectivity index (χ2v) is 10.7. The minimum absolute atomic E-state index is 0.101. The van der Waals surface area contributed by atoms with E-state index >= 15 is 0 Å². The van der Waals surface area contributed by atoms with Crippen LogP contribution in [0, 0.1) is 0 Å². The van der Waals surface area contributed by atoms with Crippen LogP contribution < -0.4 is 0 Å². The molecule has 2 heterocycles. The van der Waals surface area contributed by atoms with Crippen molar-refractivity contribution in [1.82, 2.24) is 9.45 Å². The number of nitrogens with zero attached hydrogens (tertiary/aromatic N) is 3. The lowest BCUT2D eigenvalue weighted by molar-refractivity contribution is 0.279. The lowest BCUT2D eigenvalue weighted by atomic mass is 10.1. The normalized spacial score (nSPS) is 19.4. The van der Waals surface area contributed by atoms with Crippen LogP contribution in [0.3, 0.4) is 0 Å². The van der Waals surface area contributed by atoms with Crippen molar-refractivity contribution in [3.8, 4) is 0 Å². The van der Waals surface area contributed by atoms with Crippen LogP contribution in [0.5, 0.6) is 0 Å². The predicted octanol–water partition coefficient (Wildman–Crippen LogP) is 2.12. The summed E-state index contributed by atoms with van der Waals surface area (Å²) in [4.78, 5) is 4.54. The molecule has 5 heteroatoms. The summed E-state index contributed by atoms with van der Waals surface area (Å²) in [6.07, 6.45) is 3.89. The molecule has 0 fully saturated rings. The van der Waals surface area contributed by atoms with E-state index in [-0.39, 0.29) is 5.54 Å². The zero-order valence-corrected chi connectivity index (χ0v) is 11.6. The van der Waals surface area contributed by atoms with Gasteiger partial charge in [0, 0.05) is 6.20 Å². The number of aliphatic imine (C=N–C) groups is 1. The fraction of sp³-hybridized carbons (Fsp3) is 0.636. The second-order valence-electron chi connectivity index (χ2n) is 5.86. The molecular formula is C11H19N3OSi. The zero-order valence-electron chi connectivity index (χ0n) is 10.6. The lowest BCUT2D eigenvalue weighted by Crippen LogP contribution is -2.32. The molecule has 0 N–H and O–H groups in total. The maximum Gasteiger partial charge on any atom is 0.220 e. The number of ether oxygens (including phenoxy) is 1. The van der Waals surface area contributed by atoms with Crippen molar-refractivity contribution in [3.63, 3.8) is 0 Å². The summed E-state index contributed by atoms with van der Waals surface area (Å²) in [6, 6.07) is 0. The van der Waals surface area contributed by atoms with Crippen LogP contribution in [0.4, 0.5) is 0 Å². The first-order valence-corrected chi connectivity index (χ1v) is 9.01. The van der Waals surface area contributed by atoms with Crippen molar-refractivity contribution < 1.29 is 4.74 Å². The Morgan fingerprint density at radius 3 is 2.50 bits per heavy atom. The zero-order chi connectivity index (χ0) is 12.0. The molecule has 0 saturated heterocycles. The van der Waals surface area contributed by atoms with Gasteiger partial charge in [-0.25, -0.2) is 4.99 Å². The van der Waals surface area contributed by atoms with Crippen LogP contribution >= 0.6 is 0 Å². The van der Waals surface area contributed by atoms with Crippen molar-refractivity contribution in [2.45, 2.75) is 39.0 Å². The van der Waals surface area contributed by atoms with E-state index < -0.39 is 8.24 Å². The van der Waals surface area contributed by atoms with Crippen molar-refractivity contribution >= 4 is 14.1 Å². The largest absolute Gasteiger partial charge is 0.475 e. The summed E-state index contributed by atoms with van der Waals surface area (Å²) < 4.78 is 7.66. The number of hydrogen-bond donors (Lipinski definition) is 0. The summed E-state index contributed by atoms with van der Waals surface area (Å²) in [7, 11) is -1.40. The van der Waals surface area contributed by atoms with Gasteiger partial charge in [-0.1, -0.05) is 0 Å². The molecule has 1 aromatic rings. The van der Waals surface area contributed by atoms with Gasteiger partial charge in [-0.2, -0.15) is 5.10 Å². The molecular weight excluding hydrogens is 218 g/mol. The van der Waals surface area contributed by atoms with Gasteiger partial charge in [0.2, 0.25) is 5.90 Å². The average Bonchev–Trinajstić information content (AvgIpc) is 2.68. The monoisotopic (exact) mass is 237 g/mol. The van der Waals surface area contributed by atoms with Gasteiger partial charge < -0.3 is 9.08 Å². The Morgan fingerprint density at radius 1 is 1.38 bits per heavy atom. The fourth-order valence-electron chi connectivity index (χ4n) is 1.53. The Morgan fingerprint density at radius 2 is 2.06 bits per heavy atom. The van der Waals surface area contributed by atoms with E-state index in [1.165, 1.54) is 0 Å². The van der Waals surface area contributed by atoms with E-state index in [4.69, 9.17) is 4.74 Å². The van der Waals surface area contributed by atoms with Crippen LogP contribution in [-0.2, 0) is 4.74 Å². The molecule has 4 nitrogen and oxygen atoms in total. The molecule has 1 aliphatic heterocycles. The highest BCUT2D eigenvalue weighted by Crippen LogP contribution is 2.20. The lowest BCUT2D eigenvalue weighted by Gasteiger charge is -2.15. The van der Waals surface area contributed by atoms with Crippen LogP contribution in [0.2, 0.25) is 19.6 Å². The molecule has 0 saturated carbocycles. The molecule has 0 spiro atoms. The molecule has 0 amide bonds. The number of rotatable bonds is 2. The summed E-state index contributed by atoms with van der Waals surface area (Å²) in [5.41, 5.74) is 0.893. The maximum absolute atomic E-state index is 5.59. The SMILES string of the molecule is CC1(C)COC(c2cnn([Si](C)(C)C)c2)=N1. The van der Waals surface area contributed by atoms with Gasteiger partial charge in [-0.3, -0.25) is 0 Å². The van der Waals surface area contributed by atoms with Gasteiger partial charge in [0.25, 0.3) is 0 Å². The quantitative estimate of drug-likeness (QED) is 0.739. The summed E-state index contributed by atoms with van der Waals surface area (Å²) >= 11 is 0. The van der Waals surface area contributed by atoms with Crippen LogP contribution in [0.25, 0.3) is 0 Å². The molecule has 0 bridgehead atoms. The van der Waals surface area contributed by atoms with Gasteiger partial charge in [0.1, 0.15) is 6.61 Å². The predicted molar refractivity (Wildman–Crippen MR) is 67.5 cm³/mol. The summed E-state index contributed by atoms with van der Waals surface area (Å²) in [5, 5.41) is 4.40. The molecule has 1 aromatic heterocycles. The standard InChI is InChI=1S/C11H19N3OSi/c1-11(2)8-15-10(13-11)9-6-12-14(7-9)16(3,4)5/h6-7H,8H2,1-5H3. The van der Waals surface area contributed by atoms with Gasteiger partial charge in [0.05, 0.1) is 17.3 Å². The Balaban J connectivity index is 2.27. The molecule has 0 radical (unpaired) electrons. The van der Waals surface area contributed by atoms with Crippen LogP contribution in [0.15, 0.2) is 17.4 Å². The van der Waals surface area contributed by atoms with E-state index in [1.807, 2.05) is 12.4 Å². The first-order chi connectivity index (χ1) is 7.28. The highest BCUT2D eigenvalue weighted by atomic mass is 28.3. The number of hydrogen-bond acceptors (Lipinski definition) is 3. The molecule has 0 aromatic carbocycles. The van der Waals surface area contributed by atoms with Gasteiger partial charge in [0.15, 0.2) is 8.24 Å². The Hall–Kier alpha value is -1.10. The van der Waals surface area contributed by atoms with Gasteiger partial charge in [-0.05, 0) is 33.5 Å². The van der Waals surface area contributed by atoms with Crippen LogP contribution in [-0.4, -0.2) is 35.7 Å². The minimum Gasteiger partial charge on any atom is -0.475 e. The smallest absolute Gasteiger partial charge is 0.220 e. The molecule has 0 unspecified atom stereocenters. The molecule has 2 rings (SSSR count). The second kappa shape index (κ2) is 3.45. The van der Waals surface area contributed by atoms with Crippen molar-refractivity contribution in [2.75, 3.05) is 6.61 Å². The first kappa shape index (κ1) is 11.4. The van der Waals surface area contributed by atoms with Crippen molar-refractivity contribution in [1.29, 1.82) is 0 Å². The molecule has 0 atom stereocenters. The molecule has 16 heavy (non-hydrogen) atoms. The highest BCUT2D eigenvalue weighted by Gasteiger charge is 2.28. The molecule has 0 aliphatic carbocycles. The van der Waals surface area contributed by atoms with E-state index in [2.05, 4.69) is 47.9 Å². The first-order valence-electron chi connectivity index (χ1n) is 5.56. The van der Waals surface area contributed by atoms with Gasteiger partial charge in [-0.15, -0.1) is 0 Å². The van der Waals surface area contributed by atoms with E-state index in [0.29, 0.717) is 6.61 Å². The van der Waals surface area contributed by atoms with E-state index in [1.54, 1.807) is 0 Å². The van der Waals surface area contributed by atoms with Gasteiger partial charge >= 0.3 is 0 Å². The van der Waals surface area contributed by atoms with E-state index in [0.717, 1.165) is 11.5 Å². The third-order valence-corrected chi connectivity index (χ3v) is 4.10. The third-order valence-electron chi connectivity index (χ3n) is 2.48. The summed E-state index contributed by atoms with van der Waals surface area (Å²) in [5.74, 6) is 0.731.